The van der Waals surface area contributed by atoms with Gasteiger partial charge in [0.2, 0.25) is 0 Å². The van der Waals surface area contributed by atoms with E-state index >= 15 is 0 Å². The average molecular weight is 562 g/mol. The molecule has 0 bridgehead atoms. The van der Waals surface area contributed by atoms with Crippen molar-refractivity contribution in [2.45, 2.75) is 13.3 Å². The number of carbonyl (C=O) groups is 2. The first-order valence-corrected chi connectivity index (χ1v) is 9.49. The van der Waals surface area contributed by atoms with Crippen molar-refractivity contribution in [1.82, 2.24) is 0 Å². The summed E-state index contributed by atoms with van der Waals surface area (Å²) in [5, 5.41) is 0. The van der Waals surface area contributed by atoms with Crippen LogP contribution in [0, 0.1) is 13.3 Å². The molecule has 1 aliphatic carbocycles. The summed E-state index contributed by atoms with van der Waals surface area (Å²) in [4.78, 5) is 25.6. The fraction of sp³-hybridized carbons (Fsp3) is 0.200. The number of fused-ring (bicyclic) bond motifs is 1. The second-order valence-corrected chi connectivity index (χ2v) is 6.43. The van der Waals surface area contributed by atoms with Gasteiger partial charge in [0.05, 0.1) is 0 Å². The van der Waals surface area contributed by atoms with Crippen LogP contribution in [-0.2, 0) is 19.4 Å². The molecule has 1 aromatic carbocycles. The van der Waals surface area contributed by atoms with Gasteiger partial charge in [0, 0.05) is 0 Å². The molecule has 0 atom stereocenters. The van der Waals surface area contributed by atoms with E-state index in [0.717, 1.165) is 5.57 Å². The van der Waals surface area contributed by atoms with Crippen molar-refractivity contribution < 1.29 is 51.6 Å². The number of benzene rings is 1. The monoisotopic (exact) mass is 562 g/mol. The summed E-state index contributed by atoms with van der Waals surface area (Å²) in [6.45, 7) is 4.21. The van der Waals surface area contributed by atoms with E-state index < -0.39 is 6.68 Å². The molecule has 0 aliphatic heterocycles. The molecule has 0 fully saturated rings. The van der Waals surface area contributed by atoms with E-state index in [-0.39, 0.29) is 11.6 Å². The fourth-order valence-electron chi connectivity index (χ4n) is 2.60. The first-order chi connectivity index (χ1) is 13.2. The van der Waals surface area contributed by atoms with E-state index in [1.54, 1.807) is 19.1 Å². The zero-order valence-electron chi connectivity index (χ0n) is 15.3. The third-order valence-corrected chi connectivity index (χ3v) is 4.45. The summed E-state index contributed by atoms with van der Waals surface area (Å²) in [5.41, 5.74) is 2.37. The van der Waals surface area contributed by atoms with Gasteiger partial charge < -0.3 is 13.2 Å². The maximum atomic E-state index is 12.9. The summed E-state index contributed by atoms with van der Waals surface area (Å²) < 4.78 is 41.1. The second-order valence-electron chi connectivity index (χ2n) is 5.45. The molecule has 1 aromatic rings. The third-order valence-electron chi connectivity index (χ3n) is 3.96. The number of hydrogen-bond acceptors (Lipinski definition) is 4. The molecule has 0 unspecified atom stereocenters. The molecule has 0 saturated heterocycles. The predicted octanol–water partition coefficient (Wildman–Crippen LogP) is 4.40. The molecule has 0 saturated carbocycles. The van der Waals surface area contributed by atoms with E-state index in [9.17, 15) is 22.8 Å². The summed E-state index contributed by atoms with van der Waals surface area (Å²) in [7, 11) is 2.98. The van der Waals surface area contributed by atoms with Crippen molar-refractivity contribution in [3.63, 3.8) is 0 Å². The van der Waals surface area contributed by atoms with Crippen LogP contribution in [0.1, 0.15) is 34.1 Å². The zero-order chi connectivity index (χ0) is 21.4. The molecule has 0 radical (unpaired) electrons. The number of ether oxygens (including phenoxy) is 2. The quantitative estimate of drug-likeness (QED) is 0.382. The Balaban J connectivity index is 0.000000892. The van der Waals surface area contributed by atoms with E-state index in [1.165, 1.54) is 39.6 Å². The predicted molar refractivity (Wildman–Crippen MR) is 95.1 cm³/mol. The van der Waals surface area contributed by atoms with Crippen LogP contribution in [0.25, 0.3) is 0 Å². The van der Waals surface area contributed by atoms with Gasteiger partial charge >= 0.3 is 152 Å². The molecule has 4 nitrogen and oxygen atoms in total. The van der Waals surface area contributed by atoms with Gasteiger partial charge in [-0.25, -0.2) is 0 Å². The standard InChI is InChI=1S/C19H17O4.CF3.W/c1-6-12(7-2)8-13-11(3)18(20)14-9-16(22-4)17(23-5)10-15(14)19(13)21;2-1(3)4;/h1-2,6-7,9-10H,8H2,3-5H3;;/q2*-1;/b12-6+;;. The molecule has 0 amide bonds. The fourth-order valence-corrected chi connectivity index (χ4v) is 3.23. The molecule has 0 aromatic heterocycles. The van der Waals surface area contributed by atoms with E-state index in [1.807, 2.05) is 10.5 Å². The molecule has 28 heavy (non-hydrogen) atoms. The van der Waals surface area contributed by atoms with Crippen LogP contribution in [0.15, 0.2) is 41.0 Å². The second kappa shape index (κ2) is 10.9. The number of methoxy groups -OCH3 is 2. The Labute approximate surface area is 172 Å². The van der Waals surface area contributed by atoms with Crippen LogP contribution in [0.2, 0.25) is 0 Å². The van der Waals surface area contributed by atoms with Gasteiger partial charge in [-0.15, -0.1) is 0 Å². The van der Waals surface area contributed by atoms with Crippen LogP contribution in [0.3, 0.4) is 0 Å². The van der Waals surface area contributed by atoms with Crippen LogP contribution in [0.4, 0.5) is 13.2 Å². The van der Waals surface area contributed by atoms with Crippen molar-refractivity contribution in [1.29, 1.82) is 0 Å². The summed E-state index contributed by atoms with van der Waals surface area (Å²) in [6, 6.07) is 3.12. The number of ketones is 2. The normalized spacial score (nSPS) is 13.6. The minimum atomic E-state index is -3.08. The number of hydrogen-bond donors (Lipinski definition) is 0. The number of halogens is 3. The van der Waals surface area contributed by atoms with Crippen LogP contribution in [-0.4, -0.2) is 30.2 Å². The molecular weight excluding hydrogens is 545 g/mol. The van der Waals surface area contributed by atoms with Gasteiger partial charge in [-0.3, -0.25) is 0 Å². The van der Waals surface area contributed by atoms with Crippen LogP contribution in [0.5, 0.6) is 11.5 Å². The number of Topliss-reactive ketones (excluding diaryl/α,β-unsaturated/α-hetero) is 2. The van der Waals surface area contributed by atoms with Crippen LogP contribution < -0.4 is 9.47 Å². The summed E-state index contributed by atoms with van der Waals surface area (Å²) >= 11 is 1.28. The van der Waals surface area contributed by atoms with Crippen molar-refractivity contribution in [3.8, 4) is 11.5 Å². The van der Waals surface area contributed by atoms with Crippen molar-refractivity contribution >= 4 is 16.0 Å². The Morgan fingerprint density at radius 2 is 1.57 bits per heavy atom. The Bertz CT molecular complexity index is 854. The molecule has 0 N–H and O–H groups in total. The maximum absolute atomic E-state index is 12.9. The van der Waals surface area contributed by atoms with Gasteiger partial charge in [-0.2, -0.15) is 0 Å². The topological polar surface area (TPSA) is 52.6 Å². The van der Waals surface area contributed by atoms with E-state index in [0.29, 0.717) is 40.2 Å². The Morgan fingerprint density at radius 3 is 1.96 bits per heavy atom. The Kier molecular flexibility index (Phi) is 9.26. The number of allylic oxidation sites excluding steroid dienone is 5. The Hall–Kier alpha value is -2.27. The summed E-state index contributed by atoms with van der Waals surface area (Å²) in [6.07, 6.45) is 3.64. The third kappa shape index (κ3) is 5.61. The number of carbonyl (C=O) groups excluding carboxylic acids is 2. The molecule has 150 valence electrons. The molecule has 0 heterocycles. The molecule has 8 heteroatoms. The van der Waals surface area contributed by atoms with Gasteiger partial charge in [-0.05, 0) is 0 Å². The van der Waals surface area contributed by atoms with Crippen molar-refractivity contribution in [2.75, 3.05) is 14.2 Å². The van der Waals surface area contributed by atoms with Crippen LogP contribution >= 0.6 is 0 Å². The van der Waals surface area contributed by atoms with E-state index in [2.05, 4.69) is 0 Å². The van der Waals surface area contributed by atoms with Crippen molar-refractivity contribution in [2.24, 2.45) is 0 Å². The molecule has 1 aliphatic rings. The average Bonchev–Trinajstić information content (AvgIpc) is 2.67. The minimum absolute atomic E-state index is 0.178. The molecular formula is C20H17F3O4W-2. The number of rotatable bonds is 6. The summed E-state index contributed by atoms with van der Waals surface area (Å²) in [5.74, 6) is 0.485. The first kappa shape index (κ1) is 23.8. The van der Waals surface area contributed by atoms with E-state index in [4.69, 9.17) is 16.1 Å². The van der Waals surface area contributed by atoms with Gasteiger partial charge in [0.1, 0.15) is 0 Å². The SMILES string of the molecule is F[C-](F)F.[CH-]=C/C(=C\[CH]=[W])CC1=C(C)C(=O)c2cc(OC)c(OC)cc2C1=O. The zero-order valence-corrected chi connectivity index (χ0v) is 18.3. The first-order valence-electron chi connectivity index (χ1n) is 7.79. The van der Waals surface area contributed by atoms with Gasteiger partial charge in [0.15, 0.2) is 6.68 Å². The van der Waals surface area contributed by atoms with Gasteiger partial charge in [-0.1, -0.05) is 0 Å². The van der Waals surface area contributed by atoms with Crippen molar-refractivity contribution in [3.05, 3.63) is 65.4 Å². The van der Waals surface area contributed by atoms with Gasteiger partial charge in [0.25, 0.3) is 0 Å². The molecule has 0 spiro atoms. The Morgan fingerprint density at radius 1 is 1.11 bits per heavy atom. The molecule has 2 rings (SSSR count).